The molecule has 160 valence electrons. The highest BCUT2D eigenvalue weighted by Gasteiger charge is 2.15. The third-order valence-electron chi connectivity index (χ3n) is 3.90. The predicted molar refractivity (Wildman–Crippen MR) is 108 cm³/mol. The molecule has 0 aliphatic carbocycles. The van der Waals surface area contributed by atoms with Crippen LogP contribution in [-0.4, -0.2) is 49.4 Å². The summed E-state index contributed by atoms with van der Waals surface area (Å²) in [5.74, 6) is -1.21. The maximum Gasteiger partial charge on any atom is 0.341 e. The van der Waals surface area contributed by atoms with E-state index in [9.17, 15) is 24.3 Å². The van der Waals surface area contributed by atoms with Crippen molar-refractivity contribution in [2.45, 2.75) is 20.8 Å². The van der Waals surface area contributed by atoms with E-state index in [0.717, 1.165) is 0 Å². The lowest BCUT2D eigenvalue weighted by Crippen LogP contribution is -2.07. The molecule has 0 aliphatic rings. The van der Waals surface area contributed by atoms with Crippen LogP contribution in [0.25, 0.3) is 0 Å². The molecule has 0 unspecified atom stereocenters. The van der Waals surface area contributed by atoms with Gasteiger partial charge in [0.1, 0.15) is 22.6 Å². The van der Waals surface area contributed by atoms with Crippen molar-refractivity contribution in [1.29, 1.82) is 0 Å². The highest BCUT2D eigenvalue weighted by atomic mass is 16.5. The minimum Gasteiger partial charge on any atom is -0.507 e. The number of Topliss-reactive ketones (excluding diaryl/α,β-unsaturated/α-hetero) is 2. The molecule has 0 bridgehead atoms. The molecule has 0 atom stereocenters. The first-order chi connectivity index (χ1) is 14.2. The molecule has 0 amide bonds. The van der Waals surface area contributed by atoms with Crippen LogP contribution >= 0.6 is 0 Å². The molecule has 0 fully saturated rings. The molecule has 2 aromatic carbocycles. The summed E-state index contributed by atoms with van der Waals surface area (Å²) in [5.41, 5.74) is 1.10. The van der Waals surface area contributed by atoms with Crippen LogP contribution in [0.3, 0.4) is 0 Å². The van der Waals surface area contributed by atoms with Gasteiger partial charge in [-0.25, -0.2) is 9.59 Å². The van der Waals surface area contributed by atoms with E-state index in [1.807, 2.05) is 6.92 Å². The smallest absolute Gasteiger partial charge is 0.341 e. The highest BCUT2D eigenvalue weighted by molar-refractivity contribution is 6.00. The molecule has 2 rings (SSSR count). The van der Waals surface area contributed by atoms with Gasteiger partial charge in [-0.15, -0.1) is 0 Å². The number of phenolic OH excluding ortho intramolecular Hbond substituents is 1. The molecule has 8 nitrogen and oxygen atoms in total. The molecule has 0 saturated heterocycles. The summed E-state index contributed by atoms with van der Waals surface area (Å²) in [6.45, 7) is 5.09. The molecule has 8 heteroatoms. The van der Waals surface area contributed by atoms with Crippen molar-refractivity contribution in [1.82, 2.24) is 0 Å². The zero-order valence-electron chi connectivity index (χ0n) is 17.5. The lowest BCUT2D eigenvalue weighted by Gasteiger charge is -2.09. The molecule has 0 radical (unpaired) electrons. The maximum absolute atomic E-state index is 11.5. The first kappa shape index (κ1) is 24.4. The van der Waals surface area contributed by atoms with Gasteiger partial charge in [0.25, 0.3) is 0 Å². The van der Waals surface area contributed by atoms with E-state index in [1.54, 1.807) is 12.1 Å². The Bertz CT molecular complexity index is 946. The number of benzene rings is 2. The van der Waals surface area contributed by atoms with Gasteiger partial charge >= 0.3 is 11.9 Å². The molecular formula is C22H24O8. The van der Waals surface area contributed by atoms with Gasteiger partial charge in [-0.05, 0) is 57.2 Å². The number of esters is 2. The number of hydrogen-bond acceptors (Lipinski definition) is 8. The SMILES string of the molecule is CCOc1ccc(C(C)=O)cc1C(=O)OC.COC(=O)c1cc(C(C)=O)ccc1O. The predicted octanol–water partition coefficient (Wildman–Crippen LogP) is 3.46. The van der Waals surface area contributed by atoms with Crippen molar-refractivity contribution in [3.63, 3.8) is 0 Å². The number of hydrogen-bond donors (Lipinski definition) is 1. The second-order valence-corrected chi connectivity index (χ2v) is 5.97. The molecule has 0 heterocycles. The van der Waals surface area contributed by atoms with Crippen LogP contribution in [0, 0.1) is 0 Å². The first-order valence-corrected chi connectivity index (χ1v) is 8.94. The van der Waals surface area contributed by atoms with Crippen molar-refractivity contribution in [3.8, 4) is 11.5 Å². The van der Waals surface area contributed by atoms with Crippen molar-refractivity contribution >= 4 is 23.5 Å². The first-order valence-electron chi connectivity index (χ1n) is 8.94. The number of aromatic hydroxyl groups is 1. The Morgan fingerprint density at radius 2 is 1.27 bits per heavy atom. The van der Waals surface area contributed by atoms with Crippen molar-refractivity contribution in [2.75, 3.05) is 20.8 Å². The maximum atomic E-state index is 11.5. The number of ketones is 2. The van der Waals surface area contributed by atoms with Crippen molar-refractivity contribution < 1.29 is 38.5 Å². The molecule has 0 aromatic heterocycles. The van der Waals surface area contributed by atoms with Crippen LogP contribution in [0.5, 0.6) is 11.5 Å². The average Bonchev–Trinajstić information content (AvgIpc) is 2.73. The molecule has 1 N–H and O–H groups in total. The fraction of sp³-hybridized carbons (Fsp3) is 0.273. The summed E-state index contributed by atoms with van der Waals surface area (Å²) in [5, 5.41) is 9.31. The third kappa shape index (κ3) is 6.44. The summed E-state index contributed by atoms with van der Waals surface area (Å²) >= 11 is 0. The Kier molecular flexibility index (Phi) is 9.22. The summed E-state index contributed by atoms with van der Waals surface area (Å²) in [7, 11) is 2.50. The highest BCUT2D eigenvalue weighted by Crippen LogP contribution is 2.22. The molecule has 0 saturated carbocycles. The van der Waals surface area contributed by atoms with Crippen LogP contribution in [0.4, 0.5) is 0 Å². The molecule has 30 heavy (non-hydrogen) atoms. The summed E-state index contributed by atoms with van der Waals surface area (Å²) < 4.78 is 14.4. The van der Waals surface area contributed by atoms with E-state index < -0.39 is 11.9 Å². The second kappa shape index (κ2) is 11.4. The summed E-state index contributed by atoms with van der Waals surface area (Å²) in [6.07, 6.45) is 0. The van der Waals surface area contributed by atoms with E-state index in [2.05, 4.69) is 9.47 Å². The van der Waals surface area contributed by atoms with Gasteiger partial charge < -0.3 is 19.3 Å². The van der Waals surface area contributed by atoms with Gasteiger partial charge in [-0.2, -0.15) is 0 Å². The van der Waals surface area contributed by atoms with E-state index in [-0.39, 0.29) is 28.4 Å². The Labute approximate surface area is 174 Å². The zero-order chi connectivity index (χ0) is 22.8. The Morgan fingerprint density at radius 1 is 0.800 bits per heavy atom. The van der Waals surface area contributed by atoms with E-state index in [0.29, 0.717) is 23.5 Å². The monoisotopic (exact) mass is 416 g/mol. The molecule has 2 aromatic rings. The van der Waals surface area contributed by atoms with Gasteiger partial charge in [0.2, 0.25) is 0 Å². The van der Waals surface area contributed by atoms with Gasteiger partial charge in [0.15, 0.2) is 11.6 Å². The lowest BCUT2D eigenvalue weighted by atomic mass is 10.1. The van der Waals surface area contributed by atoms with Gasteiger partial charge in [0, 0.05) is 11.1 Å². The van der Waals surface area contributed by atoms with Crippen molar-refractivity contribution in [3.05, 3.63) is 58.7 Å². The number of rotatable bonds is 6. The lowest BCUT2D eigenvalue weighted by molar-refractivity contribution is 0.0587. The van der Waals surface area contributed by atoms with Gasteiger partial charge in [-0.3, -0.25) is 9.59 Å². The Balaban J connectivity index is 0.000000303. The largest absolute Gasteiger partial charge is 0.507 e. The number of ether oxygens (including phenoxy) is 3. The van der Waals surface area contributed by atoms with E-state index in [1.165, 1.54) is 52.3 Å². The van der Waals surface area contributed by atoms with E-state index in [4.69, 9.17) is 4.74 Å². The van der Waals surface area contributed by atoms with Crippen LogP contribution in [-0.2, 0) is 9.47 Å². The minimum absolute atomic E-state index is 0.000185. The van der Waals surface area contributed by atoms with Crippen LogP contribution in [0.15, 0.2) is 36.4 Å². The second-order valence-electron chi connectivity index (χ2n) is 5.97. The normalized spacial score (nSPS) is 9.63. The number of phenols is 1. The quantitative estimate of drug-likeness (QED) is 0.562. The Hall–Kier alpha value is -3.68. The molecular weight excluding hydrogens is 392 g/mol. The Morgan fingerprint density at radius 3 is 1.73 bits per heavy atom. The van der Waals surface area contributed by atoms with E-state index >= 15 is 0 Å². The standard InChI is InChI=1S/C12H14O4.C10H10O4/c1-4-16-11-6-5-9(8(2)13)7-10(11)12(14)15-3;1-6(11)7-3-4-9(12)8(5-7)10(13)14-2/h5-7H,4H2,1-3H3;3-5,12H,1-2H3. The third-order valence-corrected chi connectivity index (χ3v) is 3.90. The number of carbonyl (C=O) groups excluding carboxylic acids is 4. The summed E-state index contributed by atoms with van der Waals surface area (Å²) in [6, 6.07) is 8.77. The van der Waals surface area contributed by atoms with Crippen LogP contribution in [0.1, 0.15) is 62.2 Å². The zero-order valence-corrected chi connectivity index (χ0v) is 17.5. The number of methoxy groups -OCH3 is 2. The summed E-state index contributed by atoms with van der Waals surface area (Å²) in [4.78, 5) is 44.8. The van der Waals surface area contributed by atoms with Crippen LogP contribution < -0.4 is 4.74 Å². The van der Waals surface area contributed by atoms with Gasteiger partial charge in [-0.1, -0.05) is 0 Å². The number of carbonyl (C=O) groups is 4. The molecule has 0 aliphatic heterocycles. The molecule has 0 spiro atoms. The average molecular weight is 416 g/mol. The fourth-order valence-electron chi connectivity index (χ4n) is 2.33. The van der Waals surface area contributed by atoms with Gasteiger partial charge in [0.05, 0.1) is 20.8 Å². The van der Waals surface area contributed by atoms with Crippen molar-refractivity contribution in [2.24, 2.45) is 0 Å². The topological polar surface area (TPSA) is 116 Å². The fourth-order valence-corrected chi connectivity index (χ4v) is 2.33. The van der Waals surface area contributed by atoms with Crippen LogP contribution in [0.2, 0.25) is 0 Å². The minimum atomic E-state index is -0.661.